The molecule has 0 aliphatic heterocycles. The summed E-state index contributed by atoms with van der Waals surface area (Å²) >= 11 is 1.58. The number of hydrogen-bond donors (Lipinski definition) is 1. The van der Waals surface area contributed by atoms with E-state index in [2.05, 4.69) is 10.3 Å². The minimum Gasteiger partial charge on any atom is -0.465 e. The van der Waals surface area contributed by atoms with E-state index in [4.69, 9.17) is 4.74 Å². The van der Waals surface area contributed by atoms with E-state index in [0.29, 0.717) is 5.56 Å². The Morgan fingerprint density at radius 1 is 1.44 bits per heavy atom. The third-order valence-electron chi connectivity index (χ3n) is 2.58. The molecule has 0 spiro atoms. The monoisotopic (exact) mass is 262 g/mol. The van der Waals surface area contributed by atoms with E-state index >= 15 is 0 Å². The smallest absolute Gasteiger partial charge is 0.339 e. The van der Waals surface area contributed by atoms with Gasteiger partial charge < -0.3 is 10.1 Å². The Morgan fingerprint density at radius 2 is 2.22 bits per heavy atom. The van der Waals surface area contributed by atoms with Crippen LogP contribution in [0.2, 0.25) is 0 Å². The van der Waals surface area contributed by atoms with Crippen molar-refractivity contribution in [3.05, 3.63) is 46.4 Å². The number of methoxy groups -OCH3 is 1. The molecule has 0 radical (unpaired) electrons. The third-order valence-corrected chi connectivity index (χ3v) is 3.54. The minimum atomic E-state index is -0.338. The molecule has 1 aromatic carbocycles. The van der Waals surface area contributed by atoms with Crippen molar-refractivity contribution in [2.45, 2.75) is 13.0 Å². The van der Waals surface area contributed by atoms with Gasteiger partial charge in [-0.2, -0.15) is 0 Å². The van der Waals surface area contributed by atoms with Crippen molar-refractivity contribution in [1.82, 2.24) is 4.98 Å². The zero-order chi connectivity index (χ0) is 13.0. The topological polar surface area (TPSA) is 51.2 Å². The van der Waals surface area contributed by atoms with Gasteiger partial charge in [0.2, 0.25) is 0 Å². The van der Waals surface area contributed by atoms with Crippen LogP contribution in [0.3, 0.4) is 0 Å². The number of para-hydroxylation sites is 1. The molecule has 0 saturated carbocycles. The predicted octanol–water partition coefficient (Wildman–Crippen LogP) is 3.10. The van der Waals surface area contributed by atoms with Gasteiger partial charge in [-0.05, 0) is 19.1 Å². The highest BCUT2D eigenvalue weighted by atomic mass is 32.1. The number of aromatic nitrogens is 1. The average molecular weight is 262 g/mol. The lowest BCUT2D eigenvalue weighted by molar-refractivity contribution is 0.0602. The molecular weight excluding hydrogens is 248 g/mol. The maximum Gasteiger partial charge on any atom is 0.339 e. The molecule has 1 heterocycles. The summed E-state index contributed by atoms with van der Waals surface area (Å²) in [4.78, 5) is 16.8. The second-order valence-corrected chi connectivity index (χ2v) is 4.72. The molecule has 18 heavy (non-hydrogen) atoms. The molecule has 1 atom stereocenters. The van der Waals surface area contributed by atoms with Crippen molar-refractivity contribution in [2.75, 3.05) is 12.4 Å². The summed E-state index contributed by atoms with van der Waals surface area (Å²) in [5.74, 6) is -0.338. The number of esters is 1. The maximum absolute atomic E-state index is 11.6. The number of thiazole rings is 1. The number of nitrogens with one attached hydrogen (secondary N) is 1. The number of nitrogens with zero attached hydrogens (tertiary/aromatic N) is 1. The molecule has 2 aromatic rings. The lowest BCUT2D eigenvalue weighted by Crippen LogP contribution is -2.10. The molecule has 4 nitrogen and oxygen atoms in total. The van der Waals surface area contributed by atoms with E-state index in [1.165, 1.54) is 7.11 Å². The molecule has 0 saturated heterocycles. The third kappa shape index (κ3) is 2.68. The Morgan fingerprint density at radius 3 is 2.89 bits per heavy atom. The number of rotatable bonds is 4. The van der Waals surface area contributed by atoms with Crippen LogP contribution in [-0.4, -0.2) is 18.1 Å². The zero-order valence-corrected chi connectivity index (χ0v) is 11.0. The van der Waals surface area contributed by atoms with Crippen molar-refractivity contribution >= 4 is 23.0 Å². The Kier molecular flexibility index (Phi) is 3.94. The highest BCUT2D eigenvalue weighted by Crippen LogP contribution is 2.24. The van der Waals surface area contributed by atoms with Crippen LogP contribution in [0.15, 0.2) is 36.0 Å². The van der Waals surface area contributed by atoms with Crippen LogP contribution < -0.4 is 5.32 Å². The van der Waals surface area contributed by atoms with Crippen LogP contribution in [0.25, 0.3) is 0 Å². The number of carbonyl (C=O) groups is 1. The van der Waals surface area contributed by atoms with Gasteiger partial charge >= 0.3 is 5.97 Å². The van der Waals surface area contributed by atoms with Gasteiger partial charge in [0.05, 0.1) is 24.2 Å². The Balaban J connectivity index is 2.21. The highest BCUT2D eigenvalue weighted by Gasteiger charge is 2.14. The van der Waals surface area contributed by atoms with Gasteiger partial charge in [0.25, 0.3) is 0 Å². The van der Waals surface area contributed by atoms with Crippen LogP contribution >= 0.6 is 11.3 Å². The minimum absolute atomic E-state index is 0.100. The van der Waals surface area contributed by atoms with Crippen molar-refractivity contribution in [3.8, 4) is 0 Å². The molecule has 1 N–H and O–H groups in total. The number of anilines is 1. The van der Waals surface area contributed by atoms with Crippen molar-refractivity contribution < 1.29 is 9.53 Å². The van der Waals surface area contributed by atoms with Crippen LogP contribution in [0.5, 0.6) is 0 Å². The van der Waals surface area contributed by atoms with E-state index in [9.17, 15) is 4.79 Å². The fourth-order valence-corrected chi connectivity index (χ4v) is 2.27. The van der Waals surface area contributed by atoms with Gasteiger partial charge in [0.1, 0.15) is 0 Å². The van der Waals surface area contributed by atoms with Crippen molar-refractivity contribution in [3.63, 3.8) is 0 Å². The van der Waals surface area contributed by atoms with Crippen LogP contribution in [0.1, 0.15) is 28.2 Å². The van der Waals surface area contributed by atoms with E-state index in [-0.39, 0.29) is 12.0 Å². The van der Waals surface area contributed by atoms with E-state index < -0.39 is 0 Å². The molecule has 94 valence electrons. The second kappa shape index (κ2) is 5.64. The van der Waals surface area contributed by atoms with Crippen LogP contribution in [0, 0.1) is 0 Å². The second-order valence-electron chi connectivity index (χ2n) is 3.81. The predicted molar refractivity (Wildman–Crippen MR) is 71.9 cm³/mol. The molecule has 0 bridgehead atoms. The summed E-state index contributed by atoms with van der Waals surface area (Å²) < 4.78 is 4.76. The zero-order valence-electron chi connectivity index (χ0n) is 10.2. The summed E-state index contributed by atoms with van der Waals surface area (Å²) in [5.41, 5.74) is 3.10. The molecule has 2 rings (SSSR count). The van der Waals surface area contributed by atoms with Gasteiger partial charge in [-0.3, -0.25) is 4.98 Å². The maximum atomic E-state index is 11.6. The van der Waals surface area contributed by atoms with Crippen LogP contribution in [0.4, 0.5) is 5.69 Å². The molecule has 1 unspecified atom stereocenters. The van der Waals surface area contributed by atoms with Gasteiger partial charge in [0, 0.05) is 16.8 Å². The molecular formula is C13H14N2O2S. The fraction of sp³-hybridized carbons (Fsp3) is 0.231. The number of benzene rings is 1. The summed E-state index contributed by atoms with van der Waals surface area (Å²) in [6.45, 7) is 2.03. The quantitative estimate of drug-likeness (QED) is 0.860. The average Bonchev–Trinajstić information content (AvgIpc) is 2.92. The lowest BCUT2D eigenvalue weighted by atomic mass is 10.1. The normalized spacial score (nSPS) is 11.9. The Hall–Kier alpha value is -1.88. The first kappa shape index (κ1) is 12.6. The van der Waals surface area contributed by atoms with Gasteiger partial charge in [-0.25, -0.2) is 4.79 Å². The van der Waals surface area contributed by atoms with Crippen molar-refractivity contribution in [2.24, 2.45) is 0 Å². The van der Waals surface area contributed by atoms with Crippen LogP contribution in [-0.2, 0) is 4.74 Å². The van der Waals surface area contributed by atoms with E-state index in [1.807, 2.05) is 31.3 Å². The number of hydrogen-bond acceptors (Lipinski definition) is 5. The molecule has 0 amide bonds. The SMILES string of the molecule is COC(=O)c1ccccc1NC(C)c1cncs1. The lowest BCUT2D eigenvalue weighted by Gasteiger charge is -2.15. The highest BCUT2D eigenvalue weighted by molar-refractivity contribution is 7.09. The molecule has 0 aliphatic rings. The first-order valence-corrected chi connectivity index (χ1v) is 6.42. The molecule has 0 fully saturated rings. The van der Waals surface area contributed by atoms with E-state index in [1.54, 1.807) is 22.9 Å². The molecule has 0 aliphatic carbocycles. The molecule has 5 heteroatoms. The summed E-state index contributed by atoms with van der Waals surface area (Å²) in [7, 11) is 1.38. The van der Waals surface area contributed by atoms with Gasteiger partial charge in [-0.1, -0.05) is 12.1 Å². The van der Waals surface area contributed by atoms with Gasteiger partial charge in [0.15, 0.2) is 0 Å². The van der Waals surface area contributed by atoms with Gasteiger partial charge in [-0.15, -0.1) is 11.3 Å². The van der Waals surface area contributed by atoms with Crippen molar-refractivity contribution in [1.29, 1.82) is 0 Å². The molecule has 1 aromatic heterocycles. The Labute approximate surface area is 110 Å². The number of ether oxygens (including phenoxy) is 1. The largest absolute Gasteiger partial charge is 0.465 e. The summed E-state index contributed by atoms with van der Waals surface area (Å²) in [6.07, 6.45) is 1.82. The first-order chi connectivity index (χ1) is 8.72. The standard InChI is InChI=1S/C13H14N2O2S/c1-9(12-7-14-8-18-12)15-11-6-4-3-5-10(11)13(16)17-2/h3-9,15H,1-2H3. The van der Waals surface area contributed by atoms with E-state index in [0.717, 1.165) is 10.6 Å². The number of carbonyl (C=O) groups excluding carboxylic acids is 1. The Bertz CT molecular complexity index is 526. The summed E-state index contributed by atoms with van der Waals surface area (Å²) in [5, 5.41) is 3.30. The first-order valence-electron chi connectivity index (χ1n) is 5.54. The summed E-state index contributed by atoms with van der Waals surface area (Å²) in [6, 6.07) is 7.41. The fourth-order valence-electron chi connectivity index (χ4n) is 1.64.